The molecule has 1 aromatic carbocycles. The number of rotatable bonds is 2. The van der Waals surface area contributed by atoms with Crippen LogP contribution in [0.15, 0.2) is 69.9 Å². The molecule has 0 spiro atoms. The summed E-state index contributed by atoms with van der Waals surface area (Å²) in [5.41, 5.74) is 1.80. The van der Waals surface area contributed by atoms with Crippen LogP contribution in [0.1, 0.15) is 17.4 Å². The van der Waals surface area contributed by atoms with Gasteiger partial charge in [0.15, 0.2) is 12.0 Å². The summed E-state index contributed by atoms with van der Waals surface area (Å²) >= 11 is 0. The summed E-state index contributed by atoms with van der Waals surface area (Å²) in [6.45, 7) is 0. The maximum Gasteiger partial charge on any atom is 0.197 e. The van der Waals surface area contributed by atoms with Crippen LogP contribution in [0.2, 0.25) is 0 Å². The first-order valence-electron chi connectivity index (χ1n) is 5.38. The van der Waals surface area contributed by atoms with Crippen molar-refractivity contribution in [2.45, 2.75) is 6.17 Å². The molecule has 0 bridgehead atoms. The van der Waals surface area contributed by atoms with Crippen LogP contribution in [-0.4, -0.2) is 10.8 Å². The predicted molar refractivity (Wildman–Crippen MR) is 64.8 cm³/mol. The lowest BCUT2D eigenvalue weighted by molar-refractivity contribution is 0.772. The standard InChI is InChI=1S/C13H10N4/c1-2-6-10(7-3-1)12-15-13(17-16-12)11-8-4-5-9-14-11/h1-9,12H. The molecule has 1 aliphatic rings. The molecule has 2 heterocycles. The maximum absolute atomic E-state index is 4.45. The molecule has 1 aliphatic heterocycles. The third-order valence-electron chi connectivity index (χ3n) is 2.50. The number of hydrogen-bond donors (Lipinski definition) is 0. The van der Waals surface area contributed by atoms with E-state index in [9.17, 15) is 0 Å². The molecule has 0 amide bonds. The van der Waals surface area contributed by atoms with E-state index in [2.05, 4.69) is 20.2 Å². The fourth-order valence-electron chi connectivity index (χ4n) is 1.66. The Labute approximate surface area is 98.8 Å². The number of nitrogens with zero attached hydrogens (tertiary/aromatic N) is 4. The Morgan fingerprint density at radius 1 is 0.882 bits per heavy atom. The van der Waals surface area contributed by atoms with Gasteiger partial charge in [-0.05, 0) is 12.1 Å². The lowest BCUT2D eigenvalue weighted by Gasteiger charge is -2.00. The van der Waals surface area contributed by atoms with Gasteiger partial charge in [0.2, 0.25) is 0 Å². The maximum atomic E-state index is 4.45. The van der Waals surface area contributed by atoms with Crippen molar-refractivity contribution in [1.82, 2.24) is 4.98 Å². The molecule has 1 atom stereocenters. The molecule has 0 aliphatic carbocycles. The highest BCUT2D eigenvalue weighted by Crippen LogP contribution is 2.24. The number of aromatic nitrogens is 1. The van der Waals surface area contributed by atoms with E-state index in [1.54, 1.807) is 6.20 Å². The lowest BCUT2D eigenvalue weighted by atomic mass is 10.2. The van der Waals surface area contributed by atoms with Crippen LogP contribution in [-0.2, 0) is 0 Å². The van der Waals surface area contributed by atoms with Gasteiger partial charge in [0.25, 0.3) is 0 Å². The second-order valence-electron chi connectivity index (χ2n) is 3.67. The molecule has 17 heavy (non-hydrogen) atoms. The minimum absolute atomic E-state index is 0.229. The quantitative estimate of drug-likeness (QED) is 0.770. The molecule has 1 unspecified atom stereocenters. The highest BCUT2D eigenvalue weighted by molar-refractivity contribution is 5.98. The molecular weight excluding hydrogens is 212 g/mol. The molecule has 0 N–H and O–H groups in total. The van der Waals surface area contributed by atoms with Crippen molar-refractivity contribution < 1.29 is 0 Å². The summed E-state index contributed by atoms with van der Waals surface area (Å²) < 4.78 is 0. The smallest absolute Gasteiger partial charge is 0.197 e. The van der Waals surface area contributed by atoms with Crippen molar-refractivity contribution in [3.63, 3.8) is 0 Å². The zero-order valence-corrected chi connectivity index (χ0v) is 9.06. The van der Waals surface area contributed by atoms with Crippen LogP contribution in [0, 0.1) is 0 Å². The number of amidine groups is 1. The van der Waals surface area contributed by atoms with E-state index in [4.69, 9.17) is 0 Å². The Morgan fingerprint density at radius 2 is 1.71 bits per heavy atom. The Balaban J connectivity index is 1.91. The number of aliphatic imine (C=N–C) groups is 1. The van der Waals surface area contributed by atoms with Crippen LogP contribution in [0.25, 0.3) is 0 Å². The first-order valence-corrected chi connectivity index (χ1v) is 5.38. The van der Waals surface area contributed by atoms with Crippen molar-refractivity contribution in [2.75, 3.05) is 0 Å². The number of benzene rings is 1. The summed E-state index contributed by atoms with van der Waals surface area (Å²) in [5.74, 6) is 0.597. The van der Waals surface area contributed by atoms with E-state index in [0.29, 0.717) is 5.84 Å². The highest BCUT2D eigenvalue weighted by atomic mass is 15.3. The Morgan fingerprint density at radius 3 is 2.47 bits per heavy atom. The zero-order valence-electron chi connectivity index (χ0n) is 9.06. The Bertz CT molecular complexity index is 560. The van der Waals surface area contributed by atoms with Crippen LogP contribution in [0.3, 0.4) is 0 Å². The van der Waals surface area contributed by atoms with Gasteiger partial charge in [-0.25, -0.2) is 4.99 Å². The van der Waals surface area contributed by atoms with Gasteiger partial charge in [-0.3, -0.25) is 4.98 Å². The fraction of sp³-hybridized carbons (Fsp3) is 0.0769. The Hall–Kier alpha value is -2.36. The van der Waals surface area contributed by atoms with E-state index in [-0.39, 0.29) is 6.17 Å². The SMILES string of the molecule is c1ccc(C2N=NC(c3ccccn3)=N2)cc1. The third-order valence-corrected chi connectivity index (χ3v) is 2.50. The van der Waals surface area contributed by atoms with E-state index in [1.165, 1.54) is 0 Å². The van der Waals surface area contributed by atoms with Crippen molar-refractivity contribution in [3.05, 3.63) is 66.0 Å². The second-order valence-corrected chi connectivity index (χ2v) is 3.67. The minimum atomic E-state index is -0.229. The lowest BCUT2D eigenvalue weighted by Crippen LogP contribution is -1.97. The van der Waals surface area contributed by atoms with Gasteiger partial charge in [-0.1, -0.05) is 36.4 Å². The molecular formula is C13H10N4. The molecule has 0 radical (unpaired) electrons. The first-order chi connectivity index (χ1) is 8.43. The van der Waals surface area contributed by atoms with Gasteiger partial charge in [0, 0.05) is 11.8 Å². The van der Waals surface area contributed by atoms with Crippen molar-refractivity contribution in [2.24, 2.45) is 15.2 Å². The van der Waals surface area contributed by atoms with E-state index in [0.717, 1.165) is 11.3 Å². The average molecular weight is 222 g/mol. The number of pyridine rings is 1. The summed E-state index contributed by atoms with van der Waals surface area (Å²) in [6, 6.07) is 15.6. The number of azo groups is 1. The van der Waals surface area contributed by atoms with E-state index >= 15 is 0 Å². The summed E-state index contributed by atoms with van der Waals surface area (Å²) in [4.78, 5) is 8.65. The van der Waals surface area contributed by atoms with Gasteiger partial charge in [-0.15, -0.1) is 5.11 Å². The van der Waals surface area contributed by atoms with Crippen LogP contribution in [0.4, 0.5) is 0 Å². The number of hydrogen-bond acceptors (Lipinski definition) is 4. The third kappa shape index (κ3) is 1.97. The molecule has 0 saturated carbocycles. The monoisotopic (exact) mass is 222 g/mol. The summed E-state index contributed by atoms with van der Waals surface area (Å²) in [5, 5.41) is 8.22. The van der Waals surface area contributed by atoms with E-state index in [1.807, 2.05) is 48.5 Å². The fourth-order valence-corrected chi connectivity index (χ4v) is 1.66. The van der Waals surface area contributed by atoms with Crippen molar-refractivity contribution in [3.8, 4) is 0 Å². The summed E-state index contributed by atoms with van der Waals surface area (Å²) in [7, 11) is 0. The average Bonchev–Trinajstić information content (AvgIpc) is 2.90. The molecule has 3 rings (SSSR count). The first kappa shape index (κ1) is 9.84. The van der Waals surface area contributed by atoms with Crippen LogP contribution in [0.5, 0.6) is 0 Å². The van der Waals surface area contributed by atoms with Crippen LogP contribution < -0.4 is 0 Å². The van der Waals surface area contributed by atoms with E-state index < -0.39 is 0 Å². The molecule has 2 aromatic rings. The molecule has 82 valence electrons. The molecule has 1 aromatic heterocycles. The highest BCUT2D eigenvalue weighted by Gasteiger charge is 2.17. The van der Waals surface area contributed by atoms with Gasteiger partial charge < -0.3 is 0 Å². The molecule has 4 heteroatoms. The van der Waals surface area contributed by atoms with Crippen LogP contribution >= 0.6 is 0 Å². The Kier molecular flexibility index (Phi) is 2.46. The van der Waals surface area contributed by atoms with Gasteiger partial charge in [-0.2, -0.15) is 5.11 Å². The van der Waals surface area contributed by atoms with Crippen molar-refractivity contribution >= 4 is 5.84 Å². The largest absolute Gasteiger partial charge is 0.253 e. The van der Waals surface area contributed by atoms with Gasteiger partial charge >= 0.3 is 0 Å². The second kappa shape index (κ2) is 4.25. The normalized spacial score (nSPS) is 18.1. The minimum Gasteiger partial charge on any atom is -0.253 e. The van der Waals surface area contributed by atoms with Crippen molar-refractivity contribution in [1.29, 1.82) is 0 Å². The zero-order chi connectivity index (χ0) is 11.5. The van der Waals surface area contributed by atoms with Gasteiger partial charge in [0.05, 0.1) is 0 Å². The predicted octanol–water partition coefficient (Wildman–Crippen LogP) is 2.99. The molecule has 0 saturated heterocycles. The summed E-state index contributed by atoms with van der Waals surface area (Å²) in [6.07, 6.45) is 1.50. The molecule has 4 nitrogen and oxygen atoms in total. The topological polar surface area (TPSA) is 50.0 Å². The van der Waals surface area contributed by atoms with Gasteiger partial charge in [0.1, 0.15) is 5.69 Å². The molecule has 0 fully saturated rings.